The fourth-order valence-corrected chi connectivity index (χ4v) is 10.7. The fraction of sp³-hybridized carbons (Fsp3) is 0.532. The highest BCUT2D eigenvalue weighted by Gasteiger charge is 2.41. The first-order valence-electron chi connectivity index (χ1n) is 23.2. The van der Waals surface area contributed by atoms with Gasteiger partial charge < -0.3 is 36.5 Å². The Hall–Kier alpha value is -5.10. The maximum atomic E-state index is 13.8. The molecule has 0 unspecified atom stereocenters. The second kappa shape index (κ2) is 20.6. The van der Waals surface area contributed by atoms with Crippen LogP contribution in [0.25, 0.3) is 11.0 Å². The van der Waals surface area contributed by atoms with Gasteiger partial charge in [-0.2, -0.15) is 0 Å². The van der Waals surface area contributed by atoms with E-state index in [2.05, 4.69) is 40.5 Å². The van der Waals surface area contributed by atoms with Gasteiger partial charge in [-0.05, 0) is 105 Å². The Morgan fingerprint density at radius 1 is 0.908 bits per heavy atom. The molecule has 2 aromatic carbocycles. The molecule has 65 heavy (non-hydrogen) atoms. The van der Waals surface area contributed by atoms with Crippen molar-refractivity contribution in [3.63, 3.8) is 0 Å². The van der Waals surface area contributed by atoms with Crippen LogP contribution in [0.1, 0.15) is 110 Å². The molecule has 0 radical (unpaired) electrons. The summed E-state index contributed by atoms with van der Waals surface area (Å²) in [6.07, 6.45) is 11.8. The predicted octanol–water partition coefficient (Wildman–Crippen LogP) is 4.69. The summed E-state index contributed by atoms with van der Waals surface area (Å²) in [6.45, 7) is 2.71. The number of piperidine rings is 1. The van der Waals surface area contributed by atoms with Crippen LogP contribution in [0.15, 0.2) is 67.1 Å². The number of fused-ring (bicyclic) bond motifs is 1. The van der Waals surface area contributed by atoms with E-state index in [1.54, 1.807) is 18.2 Å². The lowest BCUT2D eigenvalue weighted by molar-refractivity contribution is -0.137. The number of carbonyl (C=O) groups is 4. The number of rotatable bonds is 19. The molecule has 2 aliphatic carbocycles. The minimum absolute atomic E-state index is 0.00506. The molecule has 0 bridgehead atoms. The molecular formula is C47H61ClN10O6S. The Kier molecular flexibility index (Phi) is 14.7. The molecule has 2 aromatic heterocycles. The van der Waals surface area contributed by atoms with Gasteiger partial charge in [0.25, 0.3) is 5.91 Å². The minimum Gasteiger partial charge on any atom is -0.356 e. The van der Waals surface area contributed by atoms with Crippen LogP contribution in [0.5, 0.6) is 0 Å². The zero-order valence-corrected chi connectivity index (χ0v) is 38.3. The van der Waals surface area contributed by atoms with Crippen molar-refractivity contribution in [3.05, 3.63) is 88.8 Å². The highest BCUT2D eigenvalue weighted by atomic mass is 35.5. The fourth-order valence-electron chi connectivity index (χ4n) is 9.43. The molecule has 7 N–H and O–H groups in total. The Balaban J connectivity index is 0.791. The van der Waals surface area contributed by atoms with Gasteiger partial charge in [-0.15, -0.1) is 0 Å². The number of H-pyrrole nitrogens is 1. The van der Waals surface area contributed by atoms with E-state index in [4.69, 9.17) is 17.3 Å². The van der Waals surface area contributed by atoms with E-state index in [0.717, 1.165) is 72.9 Å². The van der Waals surface area contributed by atoms with E-state index >= 15 is 0 Å². The van der Waals surface area contributed by atoms with Gasteiger partial charge in [0.15, 0.2) is 0 Å². The number of likely N-dealkylation sites (tertiary alicyclic amines) is 1. The third-order valence-electron chi connectivity index (χ3n) is 13.6. The Labute approximate surface area is 385 Å². The summed E-state index contributed by atoms with van der Waals surface area (Å²) < 4.78 is 29.0. The lowest BCUT2D eigenvalue weighted by Crippen LogP contribution is -2.60. The van der Waals surface area contributed by atoms with Crippen molar-refractivity contribution in [1.82, 2.24) is 40.5 Å². The number of nitrogens with zero attached hydrogens (tertiary/aromatic N) is 4. The number of hydrogen-bond donors (Lipinski definition) is 6. The summed E-state index contributed by atoms with van der Waals surface area (Å²) in [6, 6.07) is 15.2. The van der Waals surface area contributed by atoms with Crippen LogP contribution in [-0.4, -0.2) is 109 Å². The van der Waals surface area contributed by atoms with Gasteiger partial charge in [0.2, 0.25) is 27.7 Å². The number of nitrogens with one attached hydrogen (secondary N) is 5. The van der Waals surface area contributed by atoms with Gasteiger partial charge in [0.1, 0.15) is 23.8 Å². The van der Waals surface area contributed by atoms with Crippen molar-refractivity contribution in [2.75, 3.05) is 49.9 Å². The van der Waals surface area contributed by atoms with Crippen molar-refractivity contribution in [1.29, 1.82) is 0 Å². The third-order valence-corrected chi connectivity index (χ3v) is 15.4. The number of aromatic amines is 1. The average molecular weight is 930 g/mol. The summed E-state index contributed by atoms with van der Waals surface area (Å²) in [7, 11) is -3.68. The van der Waals surface area contributed by atoms with Gasteiger partial charge in [-0.1, -0.05) is 55.1 Å². The van der Waals surface area contributed by atoms with E-state index in [0.29, 0.717) is 62.4 Å². The molecule has 4 aliphatic rings. The van der Waals surface area contributed by atoms with Crippen molar-refractivity contribution < 1.29 is 27.6 Å². The molecule has 2 saturated heterocycles. The van der Waals surface area contributed by atoms with Gasteiger partial charge in [0, 0.05) is 67.9 Å². The first kappa shape index (κ1) is 46.4. The standard InChI is InChI=1S/C47H61ClN10O6S/c48-37-15-13-31(14-16-37)39(55-46(62)47(49)19-24-57(25-20-47)42-38-17-22-50-41(38)52-30-53-42)18-23-54-65(63,64)26-5-4-21-51-44(60)40(32-7-2-1-3-8-32)56-43(59)35-10-6-9-34(27-35)36-28-58(29-36)45(61)33-11-12-33/h6,9-10,13-17,22,27,30,32-33,36,39-40,54H,1-5,7-8,11-12,18-21,23-26,28-29,49H2,(H,51,60)(H,55,62)(H,56,59)(H,50,52,53)/t39-,40+/m0/s1. The van der Waals surface area contributed by atoms with Gasteiger partial charge in [0.05, 0.1) is 22.7 Å². The number of amides is 4. The number of nitrogens with two attached hydrogens (primary N) is 1. The first-order valence-corrected chi connectivity index (χ1v) is 25.2. The van der Waals surface area contributed by atoms with E-state index in [1.165, 1.54) is 6.33 Å². The van der Waals surface area contributed by atoms with Crippen LogP contribution in [0.2, 0.25) is 5.02 Å². The number of carbonyl (C=O) groups excluding carboxylic acids is 4. The molecule has 4 amide bonds. The molecule has 2 saturated carbocycles. The van der Waals surface area contributed by atoms with Crippen LogP contribution in [0.3, 0.4) is 0 Å². The normalized spacial score (nSPS) is 19.0. The van der Waals surface area contributed by atoms with Gasteiger partial charge in [-0.25, -0.2) is 23.1 Å². The number of hydrogen-bond acceptors (Lipinski definition) is 10. The predicted molar refractivity (Wildman–Crippen MR) is 250 cm³/mol. The number of aromatic nitrogens is 3. The van der Waals surface area contributed by atoms with Crippen LogP contribution < -0.4 is 31.3 Å². The summed E-state index contributed by atoms with van der Waals surface area (Å²) in [4.78, 5) is 69.4. The Morgan fingerprint density at radius 3 is 2.40 bits per heavy atom. The van der Waals surface area contributed by atoms with Crippen molar-refractivity contribution >= 4 is 62.1 Å². The maximum absolute atomic E-state index is 13.8. The number of anilines is 1. The van der Waals surface area contributed by atoms with Crippen molar-refractivity contribution in [2.45, 2.75) is 101 Å². The highest BCUT2D eigenvalue weighted by Crippen LogP contribution is 2.36. The lowest BCUT2D eigenvalue weighted by Gasteiger charge is -2.40. The monoisotopic (exact) mass is 928 g/mol. The second-order valence-corrected chi connectivity index (χ2v) is 20.7. The molecule has 4 heterocycles. The van der Waals surface area contributed by atoms with Crippen LogP contribution in [0.4, 0.5) is 5.82 Å². The molecular weight excluding hydrogens is 868 g/mol. The SMILES string of the molecule is NC1(C(=O)N[C@@H](CCNS(=O)(=O)CCCCNC(=O)[C@H](NC(=O)c2cccc(C3CN(C(=O)C4CC4)C3)c2)C2CCCCC2)c2ccc(Cl)cc2)CCN(c2ncnc3[nH]ccc23)CC1. The number of halogens is 1. The first-order chi connectivity index (χ1) is 31.4. The molecule has 2 aliphatic heterocycles. The zero-order chi connectivity index (χ0) is 45.6. The second-order valence-electron chi connectivity index (χ2n) is 18.3. The van der Waals surface area contributed by atoms with Crippen molar-refractivity contribution in [3.8, 4) is 0 Å². The van der Waals surface area contributed by atoms with Crippen LogP contribution in [0, 0.1) is 11.8 Å². The lowest BCUT2D eigenvalue weighted by atomic mass is 9.83. The van der Waals surface area contributed by atoms with E-state index in [-0.39, 0.29) is 66.6 Å². The smallest absolute Gasteiger partial charge is 0.251 e. The summed E-state index contributed by atoms with van der Waals surface area (Å²) >= 11 is 6.18. The third kappa shape index (κ3) is 11.7. The van der Waals surface area contributed by atoms with Crippen LogP contribution in [-0.2, 0) is 24.4 Å². The average Bonchev–Trinajstić information content (AvgIpc) is 4.04. The van der Waals surface area contributed by atoms with E-state index < -0.39 is 27.6 Å². The number of sulfonamides is 1. The maximum Gasteiger partial charge on any atom is 0.251 e. The van der Waals surface area contributed by atoms with E-state index in [1.807, 2.05) is 47.5 Å². The van der Waals surface area contributed by atoms with Crippen LogP contribution >= 0.6 is 11.6 Å². The molecule has 16 nitrogen and oxygen atoms in total. The zero-order valence-electron chi connectivity index (χ0n) is 36.8. The van der Waals surface area contributed by atoms with Gasteiger partial charge in [-0.3, -0.25) is 19.2 Å². The number of unbranched alkanes of at least 4 members (excludes halogenated alkanes) is 1. The largest absolute Gasteiger partial charge is 0.356 e. The van der Waals surface area contributed by atoms with E-state index in [9.17, 15) is 27.6 Å². The molecule has 4 fully saturated rings. The Bertz CT molecular complexity index is 2430. The number of benzene rings is 2. The van der Waals surface area contributed by atoms with Gasteiger partial charge >= 0.3 is 0 Å². The molecule has 0 spiro atoms. The highest BCUT2D eigenvalue weighted by molar-refractivity contribution is 7.89. The molecule has 18 heteroatoms. The summed E-state index contributed by atoms with van der Waals surface area (Å²) in [5, 5.41) is 10.6. The van der Waals surface area contributed by atoms with Crippen molar-refractivity contribution in [2.24, 2.45) is 17.6 Å². The minimum atomic E-state index is -3.68. The Morgan fingerprint density at radius 2 is 1.66 bits per heavy atom. The molecule has 8 rings (SSSR count). The molecule has 348 valence electrons. The molecule has 4 aromatic rings. The summed E-state index contributed by atoms with van der Waals surface area (Å²) in [5.74, 6) is 0.389. The topological polar surface area (TPSA) is 225 Å². The molecule has 2 atom stereocenters. The quantitative estimate of drug-likeness (QED) is 0.0712. The summed E-state index contributed by atoms with van der Waals surface area (Å²) in [5.41, 5.74) is 8.63.